The highest BCUT2D eigenvalue weighted by molar-refractivity contribution is 5.74. The SMILES string of the molecule is CC(C)(C)OC(=O)N1C=C(c2ccncc2)CCCC1. The second kappa shape index (κ2) is 6.07. The summed E-state index contributed by atoms with van der Waals surface area (Å²) < 4.78 is 5.45. The lowest BCUT2D eigenvalue weighted by atomic mass is 10.0. The van der Waals surface area contributed by atoms with Gasteiger partial charge in [0, 0.05) is 25.1 Å². The quantitative estimate of drug-likeness (QED) is 0.781. The van der Waals surface area contributed by atoms with Crippen LogP contribution in [-0.2, 0) is 4.74 Å². The lowest BCUT2D eigenvalue weighted by molar-refractivity contribution is 0.0336. The fourth-order valence-electron chi connectivity index (χ4n) is 2.16. The van der Waals surface area contributed by atoms with E-state index in [1.54, 1.807) is 17.3 Å². The van der Waals surface area contributed by atoms with Crippen LogP contribution in [0.1, 0.15) is 45.6 Å². The minimum absolute atomic E-state index is 0.272. The Morgan fingerprint density at radius 3 is 2.60 bits per heavy atom. The van der Waals surface area contributed by atoms with Gasteiger partial charge in [0.25, 0.3) is 0 Å². The molecule has 0 atom stereocenters. The number of amides is 1. The van der Waals surface area contributed by atoms with Crippen molar-refractivity contribution < 1.29 is 9.53 Å². The Hall–Kier alpha value is -1.84. The Bertz CT molecular complexity index is 489. The van der Waals surface area contributed by atoms with Gasteiger partial charge in [-0.2, -0.15) is 0 Å². The first kappa shape index (κ1) is 14.6. The summed E-state index contributed by atoms with van der Waals surface area (Å²) in [7, 11) is 0. The van der Waals surface area contributed by atoms with E-state index < -0.39 is 5.60 Å². The lowest BCUT2D eigenvalue weighted by Crippen LogP contribution is -2.33. The molecule has 0 radical (unpaired) electrons. The first-order valence-corrected chi connectivity index (χ1v) is 7.06. The molecule has 0 aromatic carbocycles. The molecular weight excluding hydrogens is 252 g/mol. The Morgan fingerprint density at radius 1 is 1.25 bits per heavy atom. The van der Waals surface area contributed by atoms with Gasteiger partial charge in [-0.3, -0.25) is 9.88 Å². The fraction of sp³-hybridized carbons (Fsp3) is 0.500. The molecule has 4 heteroatoms. The average molecular weight is 274 g/mol. The van der Waals surface area contributed by atoms with Crippen LogP contribution in [0.25, 0.3) is 5.57 Å². The van der Waals surface area contributed by atoms with E-state index in [-0.39, 0.29) is 6.09 Å². The molecule has 2 heterocycles. The van der Waals surface area contributed by atoms with Gasteiger partial charge in [0.05, 0.1) is 0 Å². The molecule has 0 spiro atoms. The summed E-state index contributed by atoms with van der Waals surface area (Å²) in [5.41, 5.74) is 1.82. The minimum atomic E-state index is -0.464. The van der Waals surface area contributed by atoms with Crippen LogP contribution in [-0.4, -0.2) is 28.1 Å². The third kappa shape index (κ3) is 4.08. The van der Waals surface area contributed by atoms with Gasteiger partial charge >= 0.3 is 6.09 Å². The standard InChI is InChI=1S/C16H22N2O2/c1-16(2,3)20-15(19)18-11-5-4-6-14(12-18)13-7-9-17-10-8-13/h7-10,12H,4-6,11H2,1-3H3. The highest BCUT2D eigenvalue weighted by Gasteiger charge is 2.22. The Kier molecular flexibility index (Phi) is 4.42. The topological polar surface area (TPSA) is 42.4 Å². The van der Waals surface area contributed by atoms with Crippen LogP contribution >= 0.6 is 0 Å². The first-order valence-electron chi connectivity index (χ1n) is 7.06. The molecule has 1 aromatic heterocycles. The van der Waals surface area contributed by atoms with E-state index in [1.165, 1.54) is 0 Å². The molecule has 108 valence electrons. The molecule has 0 saturated carbocycles. The predicted octanol–water partition coefficient (Wildman–Crippen LogP) is 3.84. The van der Waals surface area contributed by atoms with Crippen molar-refractivity contribution in [1.29, 1.82) is 0 Å². The third-order valence-electron chi connectivity index (χ3n) is 3.09. The van der Waals surface area contributed by atoms with E-state index in [4.69, 9.17) is 4.74 Å². The summed E-state index contributed by atoms with van der Waals surface area (Å²) in [6.07, 6.45) is 8.25. The Labute approximate surface area is 120 Å². The number of hydrogen-bond donors (Lipinski definition) is 0. The number of nitrogens with zero attached hydrogens (tertiary/aromatic N) is 2. The molecule has 1 aliphatic heterocycles. The van der Waals surface area contributed by atoms with Crippen molar-refractivity contribution in [2.24, 2.45) is 0 Å². The van der Waals surface area contributed by atoms with Gasteiger partial charge in [-0.05, 0) is 63.3 Å². The normalized spacial score (nSPS) is 16.4. The van der Waals surface area contributed by atoms with E-state index >= 15 is 0 Å². The van der Waals surface area contributed by atoms with Gasteiger partial charge in [-0.15, -0.1) is 0 Å². The van der Waals surface area contributed by atoms with Crippen LogP contribution in [0.3, 0.4) is 0 Å². The van der Waals surface area contributed by atoms with Gasteiger partial charge < -0.3 is 4.74 Å². The molecule has 0 unspecified atom stereocenters. The van der Waals surface area contributed by atoms with Crippen LogP contribution in [0.2, 0.25) is 0 Å². The van der Waals surface area contributed by atoms with Gasteiger partial charge in [-0.25, -0.2) is 4.79 Å². The fourth-order valence-corrected chi connectivity index (χ4v) is 2.16. The maximum absolute atomic E-state index is 12.2. The summed E-state index contributed by atoms with van der Waals surface area (Å²) in [5.74, 6) is 0. The highest BCUT2D eigenvalue weighted by atomic mass is 16.6. The van der Waals surface area contributed by atoms with E-state index in [2.05, 4.69) is 4.98 Å². The van der Waals surface area contributed by atoms with Gasteiger partial charge in [-0.1, -0.05) is 0 Å². The van der Waals surface area contributed by atoms with Crippen LogP contribution in [0.15, 0.2) is 30.7 Å². The van der Waals surface area contributed by atoms with Crippen molar-refractivity contribution in [3.63, 3.8) is 0 Å². The smallest absolute Gasteiger partial charge is 0.414 e. The number of aromatic nitrogens is 1. The van der Waals surface area contributed by atoms with Crippen LogP contribution in [0.4, 0.5) is 4.79 Å². The summed E-state index contributed by atoms with van der Waals surface area (Å²) in [4.78, 5) is 17.9. The molecule has 0 bridgehead atoms. The van der Waals surface area contributed by atoms with Crippen molar-refractivity contribution in [1.82, 2.24) is 9.88 Å². The number of rotatable bonds is 1. The zero-order chi connectivity index (χ0) is 14.6. The van der Waals surface area contributed by atoms with Crippen LogP contribution in [0, 0.1) is 0 Å². The lowest BCUT2D eigenvalue weighted by Gasteiger charge is -2.25. The van der Waals surface area contributed by atoms with Crippen molar-refractivity contribution >= 4 is 11.7 Å². The molecular formula is C16H22N2O2. The summed E-state index contributed by atoms with van der Waals surface area (Å²) >= 11 is 0. The first-order chi connectivity index (χ1) is 9.46. The molecule has 2 rings (SSSR count). The third-order valence-corrected chi connectivity index (χ3v) is 3.09. The molecule has 1 aliphatic rings. The molecule has 0 fully saturated rings. The minimum Gasteiger partial charge on any atom is -0.443 e. The zero-order valence-corrected chi connectivity index (χ0v) is 12.4. The second-order valence-electron chi connectivity index (χ2n) is 6.02. The molecule has 0 N–H and O–H groups in total. The number of pyridine rings is 1. The average Bonchev–Trinajstić information content (AvgIpc) is 2.63. The molecule has 4 nitrogen and oxygen atoms in total. The van der Waals surface area contributed by atoms with Gasteiger partial charge in [0.1, 0.15) is 5.60 Å². The molecule has 0 saturated heterocycles. The zero-order valence-electron chi connectivity index (χ0n) is 12.4. The second-order valence-corrected chi connectivity index (χ2v) is 6.02. The van der Waals surface area contributed by atoms with Gasteiger partial charge in [0.15, 0.2) is 0 Å². The summed E-state index contributed by atoms with van der Waals surface area (Å²) in [5, 5.41) is 0. The number of carbonyl (C=O) groups excluding carboxylic acids is 1. The number of carbonyl (C=O) groups is 1. The molecule has 1 amide bonds. The maximum Gasteiger partial charge on any atom is 0.414 e. The van der Waals surface area contributed by atoms with Crippen molar-refractivity contribution in [3.8, 4) is 0 Å². The Balaban J connectivity index is 2.18. The van der Waals surface area contributed by atoms with Gasteiger partial charge in [0.2, 0.25) is 0 Å². The molecule has 1 aromatic rings. The Morgan fingerprint density at radius 2 is 1.95 bits per heavy atom. The predicted molar refractivity (Wildman–Crippen MR) is 79.0 cm³/mol. The van der Waals surface area contributed by atoms with Crippen molar-refractivity contribution in [2.45, 2.75) is 45.6 Å². The van der Waals surface area contributed by atoms with E-state index in [0.717, 1.165) is 30.4 Å². The summed E-state index contributed by atoms with van der Waals surface area (Å²) in [6, 6.07) is 3.95. The maximum atomic E-state index is 12.2. The molecule has 20 heavy (non-hydrogen) atoms. The highest BCUT2D eigenvalue weighted by Crippen LogP contribution is 2.25. The van der Waals surface area contributed by atoms with E-state index in [1.807, 2.05) is 39.1 Å². The van der Waals surface area contributed by atoms with Crippen LogP contribution in [0.5, 0.6) is 0 Å². The number of allylic oxidation sites excluding steroid dienone is 1. The largest absolute Gasteiger partial charge is 0.443 e. The number of hydrogen-bond acceptors (Lipinski definition) is 3. The van der Waals surface area contributed by atoms with E-state index in [0.29, 0.717) is 6.54 Å². The monoisotopic (exact) mass is 274 g/mol. The van der Waals surface area contributed by atoms with Crippen LogP contribution < -0.4 is 0 Å². The molecule has 0 aliphatic carbocycles. The van der Waals surface area contributed by atoms with Crippen molar-refractivity contribution in [3.05, 3.63) is 36.3 Å². The summed E-state index contributed by atoms with van der Waals surface area (Å²) in [6.45, 7) is 6.37. The van der Waals surface area contributed by atoms with Crippen molar-refractivity contribution in [2.75, 3.05) is 6.54 Å². The number of ether oxygens (including phenoxy) is 1. The van der Waals surface area contributed by atoms with E-state index in [9.17, 15) is 4.79 Å².